The standard InChI is InChI=1S/C14H18N4/c1-11-2-3-12(8-13(11)15)9-17-6-7-18-5-4-16-14(18)10-17/h2-5,8H,6-7,9-10,15H2,1H3. The number of rotatable bonds is 2. The number of imidazole rings is 1. The average molecular weight is 242 g/mol. The van der Waals surface area contributed by atoms with Crippen LogP contribution in [0.4, 0.5) is 5.69 Å². The number of fused-ring (bicyclic) bond motifs is 1. The highest BCUT2D eigenvalue weighted by Crippen LogP contribution is 2.17. The molecule has 0 unspecified atom stereocenters. The van der Waals surface area contributed by atoms with Gasteiger partial charge in [0, 0.05) is 37.7 Å². The molecule has 1 aromatic heterocycles. The van der Waals surface area contributed by atoms with Crippen molar-refractivity contribution in [1.29, 1.82) is 0 Å². The summed E-state index contributed by atoms with van der Waals surface area (Å²) in [7, 11) is 0. The minimum Gasteiger partial charge on any atom is -0.399 e. The molecule has 1 aromatic carbocycles. The van der Waals surface area contributed by atoms with E-state index in [0.717, 1.165) is 43.3 Å². The normalized spacial score (nSPS) is 15.6. The predicted molar refractivity (Wildman–Crippen MR) is 71.9 cm³/mol. The molecule has 0 atom stereocenters. The Bertz CT molecular complexity index is 559. The van der Waals surface area contributed by atoms with Crippen LogP contribution in [0.2, 0.25) is 0 Å². The molecule has 0 radical (unpaired) electrons. The zero-order valence-corrected chi connectivity index (χ0v) is 10.6. The first kappa shape index (κ1) is 11.3. The molecule has 0 amide bonds. The molecule has 3 rings (SSSR count). The lowest BCUT2D eigenvalue weighted by molar-refractivity contribution is 0.209. The molecule has 0 bridgehead atoms. The monoisotopic (exact) mass is 242 g/mol. The lowest BCUT2D eigenvalue weighted by Gasteiger charge is -2.27. The van der Waals surface area contributed by atoms with Crippen LogP contribution in [-0.2, 0) is 19.6 Å². The van der Waals surface area contributed by atoms with Crippen molar-refractivity contribution in [1.82, 2.24) is 14.5 Å². The molecule has 4 nitrogen and oxygen atoms in total. The van der Waals surface area contributed by atoms with Crippen molar-refractivity contribution >= 4 is 5.69 Å². The fraction of sp³-hybridized carbons (Fsp3) is 0.357. The Hall–Kier alpha value is -1.81. The molecular formula is C14H18N4. The topological polar surface area (TPSA) is 47.1 Å². The zero-order chi connectivity index (χ0) is 12.5. The summed E-state index contributed by atoms with van der Waals surface area (Å²) >= 11 is 0. The molecule has 0 saturated carbocycles. The summed E-state index contributed by atoms with van der Waals surface area (Å²) in [5, 5.41) is 0. The minimum atomic E-state index is 0.881. The van der Waals surface area contributed by atoms with Crippen LogP contribution in [0, 0.1) is 6.92 Å². The second kappa shape index (κ2) is 4.46. The first-order valence-electron chi connectivity index (χ1n) is 6.30. The smallest absolute Gasteiger partial charge is 0.122 e. The Labute approximate surface area is 107 Å². The second-order valence-corrected chi connectivity index (χ2v) is 4.94. The summed E-state index contributed by atoms with van der Waals surface area (Å²) in [6, 6.07) is 6.33. The van der Waals surface area contributed by atoms with Crippen LogP contribution in [0.1, 0.15) is 17.0 Å². The molecule has 4 heteroatoms. The Morgan fingerprint density at radius 3 is 3.06 bits per heavy atom. The van der Waals surface area contributed by atoms with Crippen LogP contribution in [0.3, 0.4) is 0 Å². The molecule has 2 heterocycles. The SMILES string of the molecule is Cc1ccc(CN2CCn3ccnc3C2)cc1N. The van der Waals surface area contributed by atoms with Gasteiger partial charge in [0.15, 0.2) is 0 Å². The lowest BCUT2D eigenvalue weighted by Crippen LogP contribution is -2.33. The molecule has 0 aliphatic carbocycles. The lowest BCUT2D eigenvalue weighted by atomic mass is 10.1. The molecule has 94 valence electrons. The third-order valence-corrected chi connectivity index (χ3v) is 3.57. The molecule has 0 spiro atoms. The Balaban J connectivity index is 1.72. The summed E-state index contributed by atoms with van der Waals surface area (Å²) in [5.74, 6) is 1.15. The molecule has 1 aliphatic heterocycles. The highest BCUT2D eigenvalue weighted by atomic mass is 15.2. The van der Waals surface area contributed by atoms with Gasteiger partial charge in [-0.3, -0.25) is 4.90 Å². The maximum atomic E-state index is 5.95. The first-order valence-corrected chi connectivity index (χ1v) is 6.30. The molecule has 18 heavy (non-hydrogen) atoms. The Morgan fingerprint density at radius 2 is 2.22 bits per heavy atom. The van der Waals surface area contributed by atoms with E-state index in [1.165, 1.54) is 5.56 Å². The molecule has 2 aromatic rings. The van der Waals surface area contributed by atoms with Gasteiger partial charge in [-0.25, -0.2) is 4.98 Å². The minimum absolute atomic E-state index is 0.881. The van der Waals surface area contributed by atoms with E-state index in [2.05, 4.69) is 38.8 Å². The van der Waals surface area contributed by atoms with E-state index in [0.29, 0.717) is 0 Å². The van der Waals surface area contributed by atoms with Crippen molar-refractivity contribution in [3.8, 4) is 0 Å². The third kappa shape index (κ3) is 2.11. The van der Waals surface area contributed by atoms with Crippen LogP contribution < -0.4 is 5.73 Å². The van der Waals surface area contributed by atoms with Crippen LogP contribution in [0.25, 0.3) is 0 Å². The van der Waals surface area contributed by atoms with E-state index in [4.69, 9.17) is 5.73 Å². The second-order valence-electron chi connectivity index (χ2n) is 4.94. The number of aromatic nitrogens is 2. The quantitative estimate of drug-likeness (QED) is 0.817. The average Bonchev–Trinajstić information content (AvgIpc) is 2.81. The van der Waals surface area contributed by atoms with Crippen molar-refractivity contribution in [3.63, 3.8) is 0 Å². The fourth-order valence-electron chi connectivity index (χ4n) is 2.40. The van der Waals surface area contributed by atoms with Gasteiger partial charge in [0.2, 0.25) is 0 Å². The van der Waals surface area contributed by atoms with Gasteiger partial charge < -0.3 is 10.3 Å². The number of hydrogen-bond donors (Lipinski definition) is 1. The highest BCUT2D eigenvalue weighted by molar-refractivity contribution is 5.48. The van der Waals surface area contributed by atoms with E-state index >= 15 is 0 Å². The summed E-state index contributed by atoms with van der Waals surface area (Å²) < 4.78 is 2.22. The van der Waals surface area contributed by atoms with Gasteiger partial charge in [0.1, 0.15) is 5.82 Å². The maximum Gasteiger partial charge on any atom is 0.122 e. The maximum absolute atomic E-state index is 5.95. The summed E-state index contributed by atoms with van der Waals surface area (Å²) in [6.45, 7) is 5.99. The molecule has 1 aliphatic rings. The highest BCUT2D eigenvalue weighted by Gasteiger charge is 2.16. The van der Waals surface area contributed by atoms with Crippen molar-refractivity contribution in [2.45, 2.75) is 26.6 Å². The predicted octanol–water partition coefficient (Wildman–Crippen LogP) is 1.79. The number of nitrogen functional groups attached to an aromatic ring is 1. The van der Waals surface area contributed by atoms with Gasteiger partial charge in [-0.05, 0) is 24.1 Å². The van der Waals surface area contributed by atoms with Gasteiger partial charge in [0.25, 0.3) is 0 Å². The summed E-state index contributed by atoms with van der Waals surface area (Å²) in [6.07, 6.45) is 3.93. The van der Waals surface area contributed by atoms with Gasteiger partial charge >= 0.3 is 0 Å². The van der Waals surface area contributed by atoms with E-state index in [-0.39, 0.29) is 0 Å². The van der Waals surface area contributed by atoms with Gasteiger partial charge in [-0.1, -0.05) is 12.1 Å². The van der Waals surface area contributed by atoms with Crippen molar-refractivity contribution in [2.75, 3.05) is 12.3 Å². The molecular weight excluding hydrogens is 224 g/mol. The van der Waals surface area contributed by atoms with Gasteiger partial charge in [0.05, 0.1) is 6.54 Å². The van der Waals surface area contributed by atoms with Gasteiger partial charge in [-0.2, -0.15) is 0 Å². The Kier molecular flexibility index (Phi) is 2.80. The van der Waals surface area contributed by atoms with E-state index in [1.807, 2.05) is 13.1 Å². The number of nitrogens with zero attached hydrogens (tertiary/aromatic N) is 3. The number of nitrogens with two attached hydrogens (primary N) is 1. The van der Waals surface area contributed by atoms with Crippen LogP contribution >= 0.6 is 0 Å². The Morgan fingerprint density at radius 1 is 1.33 bits per heavy atom. The van der Waals surface area contributed by atoms with E-state index in [9.17, 15) is 0 Å². The molecule has 0 fully saturated rings. The van der Waals surface area contributed by atoms with Gasteiger partial charge in [-0.15, -0.1) is 0 Å². The summed E-state index contributed by atoms with van der Waals surface area (Å²) in [4.78, 5) is 6.79. The van der Waals surface area contributed by atoms with Crippen molar-refractivity contribution < 1.29 is 0 Å². The zero-order valence-electron chi connectivity index (χ0n) is 10.6. The van der Waals surface area contributed by atoms with E-state index < -0.39 is 0 Å². The van der Waals surface area contributed by atoms with Crippen LogP contribution in [0.15, 0.2) is 30.6 Å². The molecule has 2 N–H and O–H groups in total. The van der Waals surface area contributed by atoms with E-state index in [1.54, 1.807) is 0 Å². The number of hydrogen-bond acceptors (Lipinski definition) is 3. The first-order chi connectivity index (χ1) is 8.72. The fourth-order valence-corrected chi connectivity index (χ4v) is 2.40. The number of anilines is 1. The summed E-state index contributed by atoms with van der Waals surface area (Å²) in [5.41, 5.74) is 9.25. The van der Waals surface area contributed by atoms with Crippen molar-refractivity contribution in [2.24, 2.45) is 0 Å². The third-order valence-electron chi connectivity index (χ3n) is 3.57. The van der Waals surface area contributed by atoms with Crippen LogP contribution in [0.5, 0.6) is 0 Å². The van der Waals surface area contributed by atoms with Crippen molar-refractivity contribution in [3.05, 3.63) is 47.5 Å². The van der Waals surface area contributed by atoms with Crippen LogP contribution in [-0.4, -0.2) is 21.0 Å². The number of benzene rings is 1. The largest absolute Gasteiger partial charge is 0.399 e. The number of aryl methyl sites for hydroxylation is 1. The molecule has 0 saturated heterocycles.